The Bertz CT molecular complexity index is 305. The lowest BCUT2D eigenvalue weighted by molar-refractivity contribution is 0.193. The van der Waals surface area contributed by atoms with Gasteiger partial charge < -0.3 is 10.1 Å². The number of aromatic nitrogens is 2. The van der Waals surface area contributed by atoms with Gasteiger partial charge in [-0.2, -0.15) is 0 Å². The van der Waals surface area contributed by atoms with Crippen molar-refractivity contribution in [3.63, 3.8) is 0 Å². The van der Waals surface area contributed by atoms with Crippen molar-refractivity contribution >= 4 is 0 Å². The number of ether oxygens (including phenoxy) is 1. The molecular formula is C12H19N3O. The zero-order valence-electron chi connectivity index (χ0n) is 9.78. The molecule has 0 amide bonds. The summed E-state index contributed by atoms with van der Waals surface area (Å²) in [6.45, 7) is 4.08. The van der Waals surface area contributed by atoms with Crippen molar-refractivity contribution in [1.82, 2.24) is 15.3 Å². The highest BCUT2D eigenvalue weighted by Crippen LogP contribution is 2.14. The summed E-state index contributed by atoms with van der Waals surface area (Å²) in [6.07, 6.45) is 8.26. The third-order valence-corrected chi connectivity index (χ3v) is 2.80. The maximum Gasteiger partial charge on any atom is 0.156 e. The lowest BCUT2D eigenvalue weighted by Gasteiger charge is -2.16. The van der Waals surface area contributed by atoms with Crippen molar-refractivity contribution in [3.8, 4) is 5.75 Å². The minimum Gasteiger partial charge on any atom is -0.486 e. The van der Waals surface area contributed by atoms with E-state index in [9.17, 15) is 0 Å². The standard InChI is InChI=1S/C12H19N3O/c1-2-12-14-8-11(9-15-12)16-10-5-3-4-6-13-7-10/h8-10,13H,2-7H2,1H3. The van der Waals surface area contributed by atoms with Crippen molar-refractivity contribution in [3.05, 3.63) is 18.2 Å². The molecule has 1 aliphatic heterocycles. The van der Waals surface area contributed by atoms with Crippen LogP contribution in [0.2, 0.25) is 0 Å². The highest BCUT2D eigenvalue weighted by molar-refractivity contribution is 5.13. The Morgan fingerprint density at radius 1 is 1.38 bits per heavy atom. The van der Waals surface area contributed by atoms with Crippen molar-refractivity contribution in [2.45, 2.75) is 38.7 Å². The first-order valence-corrected chi connectivity index (χ1v) is 6.07. The highest BCUT2D eigenvalue weighted by Gasteiger charge is 2.13. The number of nitrogens with one attached hydrogen (secondary N) is 1. The molecule has 4 heteroatoms. The van der Waals surface area contributed by atoms with Crippen LogP contribution in [0.25, 0.3) is 0 Å². The first kappa shape index (κ1) is 11.3. The van der Waals surface area contributed by atoms with Crippen LogP contribution in [-0.4, -0.2) is 29.2 Å². The van der Waals surface area contributed by atoms with Crippen LogP contribution in [0.3, 0.4) is 0 Å². The fourth-order valence-corrected chi connectivity index (χ4v) is 1.87. The number of aryl methyl sites for hydroxylation is 1. The fourth-order valence-electron chi connectivity index (χ4n) is 1.87. The van der Waals surface area contributed by atoms with Crippen LogP contribution in [0, 0.1) is 0 Å². The van der Waals surface area contributed by atoms with E-state index in [1.807, 2.05) is 6.92 Å². The van der Waals surface area contributed by atoms with E-state index in [4.69, 9.17) is 4.74 Å². The fraction of sp³-hybridized carbons (Fsp3) is 0.667. The quantitative estimate of drug-likeness (QED) is 0.841. The zero-order valence-corrected chi connectivity index (χ0v) is 9.78. The van der Waals surface area contributed by atoms with Crippen LogP contribution in [0.4, 0.5) is 0 Å². The average Bonchev–Trinajstić information content (AvgIpc) is 2.59. The van der Waals surface area contributed by atoms with Gasteiger partial charge in [0.05, 0.1) is 12.4 Å². The summed E-state index contributed by atoms with van der Waals surface area (Å²) < 4.78 is 5.85. The van der Waals surface area contributed by atoms with Gasteiger partial charge in [-0.05, 0) is 25.8 Å². The Labute approximate surface area is 96.4 Å². The van der Waals surface area contributed by atoms with Gasteiger partial charge in [0.25, 0.3) is 0 Å². The molecule has 0 saturated carbocycles. The highest BCUT2D eigenvalue weighted by atomic mass is 16.5. The monoisotopic (exact) mass is 221 g/mol. The normalized spacial score (nSPS) is 21.4. The summed E-state index contributed by atoms with van der Waals surface area (Å²) in [5.41, 5.74) is 0. The first-order valence-electron chi connectivity index (χ1n) is 6.07. The Balaban J connectivity index is 1.91. The molecule has 1 atom stereocenters. The number of hydrogen-bond donors (Lipinski definition) is 1. The largest absolute Gasteiger partial charge is 0.486 e. The Hall–Kier alpha value is -1.16. The molecule has 0 bridgehead atoms. The predicted molar refractivity (Wildman–Crippen MR) is 62.5 cm³/mol. The van der Waals surface area contributed by atoms with Crippen molar-refractivity contribution < 1.29 is 4.74 Å². The number of nitrogens with zero attached hydrogens (tertiary/aromatic N) is 2. The average molecular weight is 221 g/mol. The first-order chi connectivity index (χ1) is 7.88. The predicted octanol–water partition coefficient (Wildman–Crippen LogP) is 1.56. The van der Waals surface area contributed by atoms with Crippen LogP contribution in [-0.2, 0) is 6.42 Å². The molecule has 88 valence electrons. The second-order valence-electron chi connectivity index (χ2n) is 4.13. The lowest BCUT2D eigenvalue weighted by atomic mass is 10.2. The van der Waals surface area contributed by atoms with Gasteiger partial charge in [0.1, 0.15) is 11.9 Å². The summed E-state index contributed by atoms with van der Waals surface area (Å²) in [5, 5.41) is 3.37. The van der Waals surface area contributed by atoms with E-state index < -0.39 is 0 Å². The molecule has 4 nitrogen and oxygen atoms in total. The second kappa shape index (κ2) is 5.80. The molecule has 1 unspecified atom stereocenters. The van der Waals surface area contributed by atoms with Gasteiger partial charge in [0.15, 0.2) is 5.75 Å². The number of rotatable bonds is 3. The Kier molecular flexibility index (Phi) is 4.10. The molecule has 0 aromatic carbocycles. The third-order valence-electron chi connectivity index (χ3n) is 2.80. The summed E-state index contributed by atoms with van der Waals surface area (Å²) in [4.78, 5) is 8.46. The third kappa shape index (κ3) is 3.17. The van der Waals surface area contributed by atoms with Gasteiger partial charge in [-0.3, -0.25) is 0 Å². The van der Waals surface area contributed by atoms with E-state index in [1.54, 1.807) is 12.4 Å². The number of hydrogen-bond acceptors (Lipinski definition) is 4. The van der Waals surface area contributed by atoms with Crippen LogP contribution in [0.15, 0.2) is 12.4 Å². The molecule has 0 spiro atoms. The summed E-state index contributed by atoms with van der Waals surface area (Å²) in [6, 6.07) is 0. The molecular weight excluding hydrogens is 202 g/mol. The summed E-state index contributed by atoms with van der Waals surface area (Å²) in [7, 11) is 0. The van der Waals surface area contributed by atoms with Crippen molar-refractivity contribution in [1.29, 1.82) is 0 Å². The molecule has 1 saturated heterocycles. The minimum absolute atomic E-state index is 0.263. The molecule has 2 rings (SSSR count). The van der Waals surface area contributed by atoms with Gasteiger partial charge in [0, 0.05) is 13.0 Å². The summed E-state index contributed by atoms with van der Waals surface area (Å²) >= 11 is 0. The van der Waals surface area contributed by atoms with E-state index >= 15 is 0 Å². The zero-order chi connectivity index (χ0) is 11.2. The molecule has 1 aromatic rings. The molecule has 1 aliphatic rings. The van der Waals surface area contributed by atoms with Crippen molar-refractivity contribution in [2.75, 3.05) is 13.1 Å². The minimum atomic E-state index is 0.263. The van der Waals surface area contributed by atoms with Crippen LogP contribution in [0.1, 0.15) is 32.0 Å². The van der Waals surface area contributed by atoms with E-state index in [0.29, 0.717) is 0 Å². The van der Waals surface area contributed by atoms with E-state index in [0.717, 1.165) is 37.5 Å². The smallest absolute Gasteiger partial charge is 0.156 e. The lowest BCUT2D eigenvalue weighted by Crippen LogP contribution is -2.29. The second-order valence-corrected chi connectivity index (χ2v) is 4.13. The SMILES string of the molecule is CCc1ncc(OC2CCCCNC2)cn1. The van der Waals surface area contributed by atoms with Crippen LogP contribution >= 0.6 is 0 Å². The van der Waals surface area contributed by atoms with Crippen LogP contribution < -0.4 is 10.1 Å². The van der Waals surface area contributed by atoms with Gasteiger partial charge in [-0.25, -0.2) is 9.97 Å². The Morgan fingerprint density at radius 3 is 2.94 bits per heavy atom. The molecule has 0 radical (unpaired) electrons. The molecule has 2 heterocycles. The van der Waals surface area contributed by atoms with Crippen molar-refractivity contribution in [2.24, 2.45) is 0 Å². The van der Waals surface area contributed by atoms with Gasteiger partial charge in [-0.1, -0.05) is 6.92 Å². The molecule has 1 N–H and O–H groups in total. The maximum atomic E-state index is 5.85. The molecule has 1 fully saturated rings. The van der Waals surface area contributed by atoms with Gasteiger partial charge in [-0.15, -0.1) is 0 Å². The molecule has 1 aromatic heterocycles. The van der Waals surface area contributed by atoms with E-state index in [2.05, 4.69) is 15.3 Å². The molecule has 16 heavy (non-hydrogen) atoms. The topological polar surface area (TPSA) is 47.0 Å². The van der Waals surface area contributed by atoms with E-state index in [1.165, 1.54) is 12.8 Å². The van der Waals surface area contributed by atoms with Gasteiger partial charge >= 0.3 is 0 Å². The van der Waals surface area contributed by atoms with Crippen LogP contribution in [0.5, 0.6) is 5.75 Å². The molecule has 0 aliphatic carbocycles. The summed E-state index contributed by atoms with van der Waals surface area (Å²) in [5.74, 6) is 1.65. The van der Waals surface area contributed by atoms with E-state index in [-0.39, 0.29) is 6.10 Å². The maximum absolute atomic E-state index is 5.85. The Morgan fingerprint density at radius 2 is 2.19 bits per heavy atom. The van der Waals surface area contributed by atoms with Gasteiger partial charge in [0.2, 0.25) is 0 Å².